The average Bonchev–Trinajstić information content (AvgIpc) is 2.91. The molecule has 0 aliphatic rings. The monoisotopic (exact) mass is 262 g/mol. The molecule has 3 aromatic rings. The van der Waals surface area contributed by atoms with Crippen molar-refractivity contribution in [3.63, 3.8) is 0 Å². The zero-order valence-electron chi connectivity index (χ0n) is 11.4. The molecule has 0 aliphatic heterocycles. The van der Waals surface area contributed by atoms with Gasteiger partial charge in [-0.05, 0) is 24.6 Å². The number of aromatic amines is 1. The number of imidazole rings is 1. The van der Waals surface area contributed by atoms with E-state index in [0.29, 0.717) is 5.56 Å². The Morgan fingerprint density at radius 3 is 2.85 bits per heavy atom. The lowest BCUT2D eigenvalue weighted by Crippen LogP contribution is -2.00. The van der Waals surface area contributed by atoms with E-state index in [1.807, 2.05) is 25.1 Å². The molecule has 1 unspecified atom stereocenters. The van der Waals surface area contributed by atoms with Gasteiger partial charge in [-0.1, -0.05) is 19.1 Å². The topological polar surface area (TPSA) is 65.4 Å². The Labute approximate surface area is 117 Å². The molecule has 0 saturated heterocycles. The molecule has 0 spiro atoms. The van der Waals surface area contributed by atoms with Crippen LogP contribution < -0.4 is 0 Å². The van der Waals surface area contributed by atoms with Crippen LogP contribution in [0.3, 0.4) is 0 Å². The molecule has 4 heteroatoms. The van der Waals surface area contributed by atoms with Crippen molar-refractivity contribution in [2.24, 2.45) is 0 Å². The maximum atomic E-state index is 9.05. The summed E-state index contributed by atoms with van der Waals surface area (Å²) >= 11 is 0. The fourth-order valence-corrected chi connectivity index (χ4v) is 2.56. The molecule has 2 heterocycles. The van der Waals surface area contributed by atoms with E-state index >= 15 is 0 Å². The maximum absolute atomic E-state index is 9.05. The van der Waals surface area contributed by atoms with E-state index in [-0.39, 0.29) is 5.92 Å². The van der Waals surface area contributed by atoms with Gasteiger partial charge in [0.15, 0.2) is 0 Å². The summed E-state index contributed by atoms with van der Waals surface area (Å²) in [4.78, 5) is 11.9. The Morgan fingerprint density at radius 2 is 2.15 bits per heavy atom. The largest absolute Gasteiger partial charge is 0.348 e. The number of pyridine rings is 1. The van der Waals surface area contributed by atoms with Gasteiger partial charge in [-0.15, -0.1) is 0 Å². The lowest BCUT2D eigenvalue weighted by atomic mass is 9.92. The number of nitriles is 1. The van der Waals surface area contributed by atoms with Crippen molar-refractivity contribution in [3.05, 3.63) is 59.3 Å². The van der Waals surface area contributed by atoms with Gasteiger partial charge in [0, 0.05) is 23.2 Å². The standard InChI is InChI=1S/C16H14N4/c1-10(16-11(2)19-9-20-16)13-4-3-5-15-14(13)6-12(7-17)8-18-15/h3-6,8-10H,1-2H3,(H,19,20). The van der Waals surface area contributed by atoms with Gasteiger partial charge in [0.25, 0.3) is 0 Å². The predicted molar refractivity (Wildman–Crippen MR) is 77.3 cm³/mol. The molecule has 1 N–H and O–H groups in total. The summed E-state index contributed by atoms with van der Waals surface area (Å²) in [5.74, 6) is 0.153. The van der Waals surface area contributed by atoms with Gasteiger partial charge >= 0.3 is 0 Å². The first-order valence-electron chi connectivity index (χ1n) is 6.49. The van der Waals surface area contributed by atoms with Crippen LogP contribution in [-0.2, 0) is 0 Å². The highest BCUT2D eigenvalue weighted by Gasteiger charge is 2.16. The number of nitrogens with one attached hydrogen (secondary N) is 1. The van der Waals surface area contributed by atoms with E-state index in [0.717, 1.165) is 27.9 Å². The maximum Gasteiger partial charge on any atom is 0.101 e. The van der Waals surface area contributed by atoms with Gasteiger partial charge in [0.05, 0.1) is 23.1 Å². The summed E-state index contributed by atoms with van der Waals surface area (Å²) in [6, 6.07) is 10.1. The number of fused-ring (bicyclic) bond motifs is 1. The normalized spacial score (nSPS) is 12.2. The van der Waals surface area contributed by atoms with Crippen molar-refractivity contribution in [3.8, 4) is 6.07 Å². The van der Waals surface area contributed by atoms with Crippen molar-refractivity contribution in [2.75, 3.05) is 0 Å². The van der Waals surface area contributed by atoms with Gasteiger partial charge in [0.2, 0.25) is 0 Å². The first kappa shape index (κ1) is 12.4. The van der Waals surface area contributed by atoms with E-state index < -0.39 is 0 Å². The number of aryl methyl sites for hydroxylation is 1. The summed E-state index contributed by atoms with van der Waals surface area (Å²) in [7, 11) is 0. The second-order valence-corrected chi connectivity index (χ2v) is 4.88. The Balaban J connectivity index is 2.21. The highest BCUT2D eigenvalue weighted by Crippen LogP contribution is 2.30. The molecule has 98 valence electrons. The van der Waals surface area contributed by atoms with Crippen molar-refractivity contribution in [1.82, 2.24) is 15.0 Å². The summed E-state index contributed by atoms with van der Waals surface area (Å²) in [6.07, 6.45) is 3.32. The molecule has 3 rings (SSSR count). The van der Waals surface area contributed by atoms with Crippen LogP contribution >= 0.6 is 0 Å². The second-order valence-electron chi connectivity index (χ2n) is 4.88. The zero-order chi connectivity index (χ0) is 14.1. The molecule has 2 aromatic heterocycles. The third-order valence-electron chi connectivity index (χ3n) is 3.63. The van der Waals surface area contributed by atoms with Crippen LogP contribution in [0.25, 0.3) is 10.9 Å². The highest BCUT2D eigenvalue weighted by molar-refractivity contribution is 5.84. The third kappa shape index (κ3) is 1.94. The Hall–Kier alpha value is -2.67. The minimum absolute atomic E-state index is 0.153. The molecule has 0 fully saturated rings. The molecule has 0 amide bonds. The van der Waals surface area contributed by atoms with Crippen molar-refractivity contribution < 1.29 is 0 Å². The summed E-state index contributed by atoms with van der Waals surface area (Å²) in [5.41, 5.74) is 4.72. The van der Waals surface area contributed by atoms with E-state index in [4.69, 9.17) is 5.26 Å². The second kappa shape index (κ2) is 4.78. The van der Waals surface area contributed by atoms with Crippen molar-refractivity contribution in [1.29, 1.82) is 5.26 Å². The van der Waals surface area contributed by atoms with E-state index in [1.165, 1.54) is 0 Å². The minimum Gasteiger partial charge on any atom is -0.348 e. The molecule has 1 aromatic carbocycles. The number of nitrogens with zero attached hydrogens (tertiary/aromatic N) is 3. The molecule has 4 nitrogen and oxygen atoms in total. The van der Waals surface area contributed by atoms with E-state index in [2.05, 4.69) is 34.0 Å². The number of H-pyrrole nitrogens is 1. The van der Waals surface area contributed by atoms with E-state index in [1.54, 1.807) is 12.5 Å². The van der Waals surface area contributed by atoms with Crippen LogP contribution in [0.15, 0.2) is 36.8 Å². The van der Waals surface area contributed by atoms with Crippen LogP contribution in [0.5, 0.6) is 0 Å². The molecule has 0 bridgehead atoms. The SMILES string of the molecule is Cc1[nH]cnc1C(C)c1cccc2ncc(C#N)cc12. The van der Waals surface area contributed by atoms with Crippen LogP contribution in [0.2, 0.25) is 0 Å². The van der Waals surface area contributed by atoms with Crippen LogP contribution in [0, 0.1) is 18.3 Å². The average molecular weight is 262 g/mol. The third-order valence-corrected chi connectivity index (χ3v) is 3.63. The molecular formula is C16H14N4. The van der Waals surface area contributed by atoms with Crippen molar-refractivity contribution in [2.45, 2.75) is 19.8 Å². The quantitative estimate of drug-likeness (QED) is 0.770. The number of rotatable bonds is 2. The number of hydrogen-bond donors (Lipinski definition) is 1. The van der Waals surface area contributed by atoms with Gasteiger partial charge in [-0.3, -0.25) is 4.98 Å². The van der Waals surface area contributed by atoms with Crippen LogP contribution in [0.4, 0.5) is 0 Å². The summed E-state index contributed by atoms with van der Waals surface area (Å²) in [6.45, 7) is 4.14. The van der Waals surface area contributed by atoms with Crippen LogP contribution in [-0.4, -0.2) is 15.0 Å². The molecule has 0 radical (unpaired) electrons. The van der Waals surface area contributed by atoms with Crippen molar-refractivity contribution >= 4 is 10.9 Å². The molecule has 20 heavy (non-hydrogen) atoms. The number of benzene rings is 1. The lowest BCUT2D eigenvalue weighted by Gasteiger charge is -2.13. The summed E-state index contributed by atoms with van der Waals surface area (Å²) < 4.78 is 0. The highest BCUT2D eigenvalue weighted by atomic mass is 14.9. The predicted octanol–water partition coefficient (Wildman–Crippen LogP) is 3.29. The molecule has 1 atom stereocenters. The smallest absolute Gasteiger partial charge is 0.101 e. The summed E-state index contributed by atoms with van der Waals surface area (Å²) in [5, 5.41) is 10.1. The fraction of sp³-hybridized carbons (Fsp3) is 0.188. The van der Waals surface area contributed by atoms with Gasteiger partial charge in [-0.25, -0.2) is 4.98 Å². The minimum atomic E-state index is 0.153. The zero-order valence-corrected chi connectivity index (χ0v) is 11.4. The van der Waals surface area contributed by atoms with Crippen LogP contribution in [0.1, 0.15) is 35.4 Å². The van der Waals surface area contributed by atoms with Gasteiger partial charge in [0.1, 0.15) is 6.07 Å². The molecule has 0 aliphatic carbocycles. The first-order valence-corrected chi connectivity index (χ1v) is 6.49. The number of aromatic nitrogens is 3. The Bertz CT molecular complexity index is 811. The molecular weight excluding hydrogens is 248 g/mol. The lowest BCUT2D eigenvalue weighted by molar-refractivity contribution is 0.879. The molecule has 0 saturated carbocycles. The van der Waals surface area contributed by atoms with Gasteiger partial charge in [-0.2, -0.15) is 5.26 Å². The Kier molecular flexibility index (Phi) is 2.96. The van der Waals surface area contributed by atoms with Gasteiger partial charge < -0.3 is 4.98 Å². The Morgan fingerprint density at radius 1 is 1.30 bits per heavy atom. The number of hydrogen-bond acceptors (Lipinski definition) is 3. The first-order chi connectivity index (χ1) is 9.70. The van der Waals surface area contributed by atoms with E-state index in [9.17, 15) is 0 Å². The fourth-order valence-electron chi connectivity index (χ4n) is 2.56.